The Hall–Kier alpha value is -4.50. The summed E-state index contributed by atoms with van der Waals surface area (Å²) >= 11 is 1.48. The van der Waals surface area contributed by atoms with Crippen molar-refractivity contribution in [3.8, 4) is 10.9 Å². The summed E-state index contributed by atoms with van der Waals surface area (Å²) in [6.07, 6.45) is 10.0. The number of hydroxylamine groups is 1. The number of ketones is 1. The molecule has 7 rings (SSSR count). The Bertz CT molecular complexity index is 1830. The van der Waals surface area contributed by atoms with E-state index in [9.17, 15) is 14.4 Å². The van der Waals surface area contributed by atoms with Crippen LogP contribution in [0.3, 0.4) is 0 Å². The maximum absolute atomic E-state index is 14.5. The van der Waals surface area contributed by atoms with Crippen molar-refractivity contribution in [3.05, 3.63) is 102 Å². The lowest BCUT2D eigenvalue weighted by atomic mass is 9.90. The van der Waals surface area contributed by atoms with E-state index in [2.05, 4.69) is 35.8 Å². The third kappa shape index (κ3) is 7.57. The van der Waals surface area contributed by atoms with Crippen LogP contribution in [0.1, 0.15) is 62.5 Å². The molecule has 3 aliphatic rings. The molecule has 1 saturated carbocycles. The zero-order valence-electron chi connectivity index (χ0n) is 27.9. The molecule has 3 heterocycles. The van der Waals surface area contributed by atoms with Crippen molar-refractivity contribution in [1.29, 1.82) is 0 Å². The number of nitrogens with zero attached hydrogens (tertiary/aromatic N) is 2. The Balaban J connectivity index is 1.16. The average molecular weight is 678 g/mol. The van der Waals surface area contributed by atoms with Gasteiger partial charge in [0.2, 0.25) is 5.91 Å². The Morgan fingerprint density at radius 1 is 1.02 bits per heavy atom. The van der Waals surface area contributed by atoms with Gasteiger partial charge < -0.3 is 14.5 Å². The number of Topliss-reactive ketones (excluding diaryl/α,β-unsaturated/α-hetero) is 1. The number of hydrogen-bond donors (Lipinski definition) is 1. The maximum Gasteiger partial charge on any atom is 0.274 e. The molecule has 254 valence electrons. The fourth-order valence-corrected chi connectivity index (χ4v) is 8.41. The molecule has 0 spiro atoms. The molecular weight excluding hydrogens is 635 g/mol. The molecule has 1 saturated heterocycles. The van der Waals surface area contributed by atoms with E-state index < -0.39 is 17.6 Å². The highest BCUT2D eigenvalue weighted by atomic mass is 32.1. The number of allylic oxidation sites excluding steroid dienone is 2. The fraction of sp³-hybridized carbons (Fsp3) is 0.400. The van der Waals surface area contributed by atoms with E-state index in [0.29, 0.717) is 36.8 Å². The lowest BCUT2D eigenvalue weighted by Crippen LogP contribution is -2.46. The molecule has 9 heteroatoms. The highest BCUT2D eigenvalue weighted by molar-refractivity contribution is 7.20. The normalized spacial score (nSPS) is 26.6. The molecule has 1 N–H and O–H groups in total. The lowest BCUT2D eigenvalue weighted by molar-refractivity contribution is -0.143. The van der Waals surface area contributed by atoms with E-state index in [0.717, 1.165) is 53.4 Å². The summed E-state index contributed by atoms with van der Waals surface area (Å²) in [5.74, 6) is -0.245. The van der Waals surface area contributed by atoms with Gasteiger partial charge in [-0.05, 0) is 80.3 Å². The smallest absolute Gasteiger partial charge is 0.274 e. The number of carbonyl (C=O) groups excluding carboxylic acids is 3. The molecule has 3 aromatic carbocycles. The van der Waals surface area contributed by atoms with Crippen molar-refractivity contribution in [3.63, 3.8) is 0 Å². The summed E-state index contributed by atoms with van der Waals surface area (Å²) in [5, 5.41) is 0.537. The first-order chi connectivity index (χ1) is 23.9. The zero-order chi connectivity index (χ0) is 33.8. The largest absolute Gasteiger partial charge is 0.465 e. The predicted octanol–water partition coefficient (Wildman–Crippen LogP) is 7.41. The lowest BCUT2D eigenvalue weighted by Gasteiger charge is -2.29. The van der Waals surface area contributed by atoms with Crippen molar-refractivity contribution < 1.29 is 24.0 Å². The van der Waals surface area contributed by atoms with Crippen molar-refractivity contribution in [2.24, 2.45) is 17.3 Å². The maximum atomic E-state index is 14.5. The van der Waals surface area contributed by atoms with E-state index in [1.807, 2.05) is 55.5 Å². The van der Waals surface area contributed by atoms with Gasteiger partial charge in [0.15, 0.2) is 11.5 Å². The topological polar surface area (TPSA) is 97.8 Å². The number of thiazole rings is 1. The van der Waals surface area contributed by atoms with Gasteiger partial charge in [0.25, 0.3) is 11.1 Å². The van der Waals surface area contributed by atoms with Gasteiger partial charge in [-0.1, -0.05) is 90.9 Å². The summed E-state index contributed by atoms with van der Waals surface area (Å²) in [4.78, 5) is 54.8. The fourth-order valence-electron chi connectivity index (χ4n) is 7.43. The summed E-state index contributed by atoms with van der Waals surface area (Å²) < 4.78 is 7.48. The van der Waals surface area contributed by atoms with E-state index in [1.54, 1.807) is 17.0 Å². The van der Waals surface area contributed by atoms with Gasteiger partial charge in [0.1, 0.15) is 6.10 Å². The van der Waals surface area contributed by atoms with Crippen molar-refractivity contribution in [2.45, 2.75) is 76.9 Å². The van der Waals surface area contributed by atoms with Gasteiger partial charge in [-0.2, -0.15) is 5.48 Å². The van der Waals surface area contributed by atoms with E-state index in [-0.39, 0.29) is 35.9 Å². The van der Waals surface area contributed by atoms with Gasteiger partial charge in [-0.3, -0.25) is 14.4 Å². The van der Waals surface area contributed by atoms with Gasteiger partial charge >= 0.3 is 0 Å². The Morgan fingerprint density at radius 3 is 2.63 bits per heavy atom. The van der Waals surface area contributed by atoms with Crippen LogP contribution >= 0.6 is 11.3 Å². The van der Waals surface area contributed by atoms with Crippen LogP contribution in [0.5, 0.6) is 10.9 Å². The minimum Gasteiger partial charge on any atom is -0.465 e. The molecule has 0 unspecified atom stereocenters. The minimum absolute atomic E-state index is 0.0144. The van der Waals surface area contributed by atoms with Crippen LogP contribution in [0.25, 0.3) is 10.2 Å². The second-order valence-electron chi connectivity index (χ2n) is 13.8. The Kier molecular flexibility index (Phi) is 9.80. The zero-order valence-corrected chi connectivity index (χ0v) is 28.7. The van der Waals surface area contributed by atoms with Gasteiger partial charge in [-0.25, -0.2) is 4.98 Å². The molecule has 2 amide bonds. The molecule has 8 nitrogen and oxygen atoms in total. The first kappa shape index (κ1) is 33.0. The molecule has 5 atom stereocenters. The highest BCUT2D eigenvalue weighted by Gasteiger charge is 2.61. The molecule has 1 aromatic heterocycles. The predicted molar refractivity (Wildman–Crippen MR) is 190 cm³/mol. The van der Waals surface area contributed by atoms with Gasteiger partial charge in [0, 0.05) is 18.8 Å². The van der Waals surface area contributed by atoms with Crippen molar-refractivity contribution in [2.75, 3.05) is 6.54 Å². The van der Waals surface area contributed by atoms with Crippen LogP contribution in [0.15, 0.2) is 91.0 Å². The molecule has 2 fully saturated rings. The Labute approximate surface area is 291 Å². The number of fused-ring (bicyclic) bond motifs is 3. The number of benzene rings is 3. The van der Waals surface area contributed by atoms with E-state index in [1.165, 1.54) is 11.3 Å². The molecule has 1 aliphatic carbocycles. The van der Waals surface area contributed by atoms with E-state index >= 15 is 0 Å². The number of amides is 2. The number of ether oxygens (including phenoxy) is 1. The average Bonchev–Trinajstić information content (AvgIpc) is 3.41. The summed E-state index contributed by atoms with van der Waals surface area (Å²) in [7, 11) is 0. The second kappa shape index (κ2) is 14.5. The summed E-state index contributed by atoms with van der Waals surface area (Å²) in [5.41, 5.74) is 4.84. The quantitative estimate of drug-likeness (QED) is 0.162. The van der Waals surface area contributed by atoms with Gasteiger partial charge in [0.05, 0.1) is 28.2 Å². The number of aromatic nitrogens is 1. The Morgan fingerprint density at radius 2 is 1.82 bits per heavy atom. The standard InChI is InChI=1S/C40H43N3O5S/c1-27-19-20-33-36(21-27)49-39(41-33)47-32-23-34-35(44)25-40(38(46)42-48-31-17-11-6-12-18-31)24-30(40)16-10-4-2-3-9-15-29(37(45)43(34)26-32)22-28-13-7-5-8-14-28/h5-8,10-14,16-21,29-30,32,34H,2-4,9,15,22-26H2,1H3,(H,42,46)/b16-10-/t29-,30-,32-,34+,40-/m1/s1. The van der Waals surface area contributed by atoms with Crippen LogP contribution in [0.2, 0.25) is 0 Å². The monoisotopic (exact) mass is 677 g/mol. The number of nitrogens with one attached hydrogen (secondary N) is 1. The third-order valence-corrected chi connectivity index (χ3v) is 11.2. The van der Waals surface area contributed by atoms with Crippen LogP contribution < -0.4 is 15.1 Å². The number of rotatable bonds is 7. The first-order valence-corrected chi connectivity index (χ1v) is 18.3. The van der Waals surface area contributed by atoms with Crippen LogP contribution in [-0.4, -0.2) is 46.2 Å². The van der Waals surface area contributed by atoms with E-state index in [4.69, 9.17) is 14.6 Å². The highest BCUT2D eigenvalue weighted by Crippen LogP contribution is 2.57. The molecular formula is C40H43N3O5S. The van der Waals surface area contributed by atoms with Crippen LogP contribution in [0.4, 0.5) is 0 Å². The molecule has 49 heavy (non-hydrogen) atoms. The number of carbonyl (C=O) groups is 3. The summed E-state index contributed by atoms with van der Waals surface area (Å²) in [6.45, 7) is 2.35. The minimum atomic E-state index is -0.926. The number of aryl methyl sites for hydroxylation is 1. The number of para-hydroxylation sites is 1. The van der Waals surface area contributed by atoms with Crippen molar-refractivity contribution in [1.82, 2.24) is 15.4 Å². The first-order valence-electron chi connectivity index (χ1n) is 17.5. The number of hydrogen-bond acceptors (Lipinski definition) is 7. The summed E-state index contributed by atoms with van der Waals surface area (Å²) in [6, 6.07) is 24.6. The molecule has 0 radical (unpaired) electrons. The van der Waals surface area contributed by atoms with Crippen LogP contribution in [0, 0.1) is 24.2 Å². The third-order valence-electron chi connectivity index (χ3n) is 10.3. The van der Waals surface area contributed by atoms with Crippen molar-refractivity contribution >= 4 is 39.2 Å². The molecule has 0 bridgehead atoms. The van der Waals surface area contributed by atoms with Crippen LogP contribution in [-0.2, 0) is 20.8 Å². The molecule has 2 aliphatic heterocycles. The molecule has 4 aromatic rings. The second-order valence-corrected chi connectivity index (χ2v) is 14.8. The SMILES string of the molecule is Cc1ccc2nc(O[C@@H]3C[C@H]4C(=O)C[C@]5(C(=O)NOc6ccccc6)C[C@H]5/C=C\CCCCC[C@H](Cc5ccccc5)C(=O)N4C3)sc2c1. The van der Waals surface area contributed by atoms with Gasteiger partial charge in [-0.15, -0.1) is 0 Å².